The Morgan fingerprint density at radius 1 is 1.14 bits per heavy atom. The second-order valence-electron chi connectivity index (χ2n) is 5.85. The Bertz CT molecular complexity index is 453. The summed E-state index contributed by atoms with van der Waals surface area (Å²) in [6.07, 6.45) is 2.19. The predicted octanol–water partition coefficient (Wildman–Crippen LogP) is 3.37. The molecule has 1 atom stereocenters. The van der Waals surface area contributed by atoms with Crippen molar-refractivity contribution in [3.8, 4) is 0 Å². The van der Waals surface area contributed by atoms with Crippen molar-refractivity contribution in [1.82, 2.24) is 10.2 Å². The predicted molar refractivity (Wildman–Crippen MR) is 87.2 cm³/mol. The van der Waals surface area contributed by atoms with E-state index < -0.39 is 0 Å². The van der Waals surface area contributed by atoms with E-state index in [0.717, 1.165) is 62.3 Å². The van der Waals surface area contributed by atoms with Crippen LogP contribution >= 0.6 is 23.2 Å². The van der Waals surface area contributed by atoms with Crippen LogP contribution in [0.15, 0.2) is 18.2 Å². The first-order valence-electron chi connectivity index (χ1n) is 7.73. The zero-order valence-corrected chi connectivity index (χ0v) is 13.7. The second-order valence-corrected chi connectivity index (χ2v) is 6.69. The molecule has 0 saturated carbocycles. The van der Waals surface area contributed by atoms with Gasteiger partial charge in [0, 0.05) is 55.5 Å². The van der Waals surface area contributed by atoms with Gasteiger partial charge >= 0.3 is 0 Å². The molecule has 3 rings (SSSR count). The standard InChI is InChI=1S/C16H22Cl2N2O/c17-13-1-2-15(18)14(11-13)16(12-3-9-21-10-4-12)20-7-5-19-6-8-20/h1-2,11-12,16,19H,3-10H2/t16-/m0/s1. The van der Waals surface area contributed by atoms with E-state index in [1.807, 2.05) is 18.2 Å². The van der Waals surface area contributed by atoms with Crippen molar-refractivity contribution in [3.63, 3.8) is 0 Å². The van der Waals surface area contributed by atoms with Crippen molar-refractivity contribution >= 4 is 23.2 Å². The van der Waals surface area contributed by atoms with Gasteiger partial charge in [0.25, 0.3) is 0 Å². The number of nitrogens with zero attached hydrogens (tertiary/aromatic N) is 1. The maximum atomic E-state index is 6.50. The summed E-state index contributed by atoms with van der Waals surface area (Å²) in [6.45, 7) is 5.91. The van der Waals surface area contributed by atoms with Gasteiger partial charge in [0.2, 0.25) is 0 Å². The van der Waals surface area contributed by atoms with Crippen LogP contribution in [0.25, 0.3) is 0 Å². The van der Waals surface area contributed by atoms with Gasteiger partial charge in [-0.1, -0.05) is 23.2 Å². The molecule has 0 aromatic heterocycles. The average molecular weight is 329 g/mol. The third-order valence-corrected chi connectivity index (χ3v) is 5.11. The molecule has 0 spiro atoms. The van der Waals surface area contributed by atoms with Gasteiger partial charge < -0.3 is 10.1 Å². The molecular weight excluding hydrogens is 307 g/mol. The van der Waals surface area contributed by atoms with Crippen LogP contribution in [0.5, 0.6) is 0 Å². The van der Waals surface area contributed by atoms with Gasteiger partial charge in [-0.3, -0.25) is 4.90 Å². The molecule has 2 fully saturated rings. The van der Waals surface area contributed by atoms with Gasteiger partial charge in [0.15, 0.2) is 0 Å². The van der Waals surface area contributed by atoms with Crippen LogP contribution in [0.1, 0.15) is 24.4 Å². The van der Waals surface area contributed by atoms with Crippen molar-refractivity contribution in [2.75, 3.05) is 39.4 Å². The van der Waals surface area contributed by atoms with Crippen LogP contribution in [0.4, 0.5) is 0 Å². The molecule has 1 aromatic carbocycles. The summed E-state index contributed by atoms with van der Waals surface area (Å²) < 4.78 is 5.54. The van der Waals surface area contributed by atoms with E-state index >= 15 is 0 Å². The molecule has 1 aromatic rings. The fourth-order valence-electron chi connectivity index (χ4n) is 3.48. The average Bonchev–Trinajstić information content (AvgIpc) is 2.53. The number of hydrogen-bond donors (Lipinski definition) is 1. The highest BCUT2D eigenvalue weighted by Gasteiger charge is 2.32. The summed E-state index contributed by atoms with van der Waals surface area (Å²) in [5.41, 5.74) is 1.18. The topological polar surface area (TPSA) is 24.5 Å². The monoisotopic (exact) mass is 328 g/mol. The van der Waals surface area contributed by atoms with Gasteiger partial charge in [-0.2, -0.15) is 0 Å². The molecule has 1 N–H and O–H groups in total. The van der Waals surface area contributed by atoms with Crippen molar-refractivity contribution in [2.24, 2.45) is 5.92 Å². The Balaban J connectivity index is 1.91. The van der Waals surface area contributed by atoms with Gasteiger partial charge in [-0.05, 0) is 42.5 Å². The first kappa shape index (κ1) is 15.6. The molecule has 2 aliphatic heterocycles. The Labute approximate surface area is 136 Å². The zero-order valence-electron chi connectivity index (χ0n) is 12.2. The molecule has 116 valence electrons. The lowest BCUT2D eigenvalue weighted by Gasteiger charge is -2.41. The molecule has 5 heteroatoms. The highest BCUT2D eigenvalue weighted by molar-refractivity contribution is 6.33. The van der Waals surface area contributed by atoms with E-state index in [1.165, 1.54) is 5.56 Å². The van der Waals surface area contributed by atoms with Crippen LogP contribution in [0.2, 0.25) is 10.0 Å². The molecule has 21 heavy (non-hydrogen) atoms. The summed E-state index contributed by atoms with van der Waals surface area (Å²) >= 11 is 12.7. The Morgan fingerprint density at radius 3 is 2.57 bits per heavy atom. The summed E-state index contributed by atoms with van der Waals surface area (Å²) in [6, 6.07) is 6.19. The van der Waals surface area contributed by atoms with Gasteiger partial charge in [0.1, 0.15) is 0 Å². The molecule has 0 radical (unpaired) electrons. The fraction of sp³-hybridized carbons (Fsp3) is 0.625. The quantitative estimate of drug-likeness (QED) is 0.920. The SMILES string of the molecule is Clc1ccc(Cl)c([C@H](C2CCOCC2)N2CCNCC2)c1. The fourth-order valence-corrected chi connectivity index (χ4v) is 3.89. The van der Waals surface area contributed by atoms with Crippen molar-refractivity contribution in [2.45, 2.75) is 18.9 Å². The second kappa shape index (κ2) is 7.30. The molecule has 0 unspecified atom stereocenters. The molecule has 0 amide bonds. The number of ether oxygens (including phenoxy) is 1. The van der Waals surface area contributed by atoms with Crippen LogP contribution in [-0.2, 0) is 4.74 Å². The summed E-state index contributed by atoms with van der Waals surface area (Å²) in [5, 5.41) is 5.02. The van der Waals surface area contributed by atoms with Crippen LogP contribution in [-0.4, -0.2) is 44.3 Å². The van der Waals surface area contributed by atoms with E-state index in [9.17, 15) is 0 Å². The molecule has 2 saturated heterocycles. The third kappa shape index (κ3) is 3.72. The number of nitrogens with one attached hydrogen (secondary N) is 1. The number of halogens is 2. The molecule has 0 aliphatic carbocycles. The smallest absolute Gasteiger partial charge is 0.0469 e. The molecule has 2 heterocycles. The van der Waals surface area contributed by atoms with Gasteiger partial charge in [-0.25, -0.2) is 0 Å². The minimum absolute atomic E-state index is 0.349. The van der Waals surface area contributed by atoms with Crippen LogP contribution in [0.3, 0.4) is 0 Å². The minimum atomic E-state index is 0.349. The van der Waals surface area contributed by atoms with Crippen molar-refractivity contribution in [3.05, 3.63) is 33.8 Å². The maximum absolute atomic E-state index is 6.50. The normalized spacial score (nSPS) is 23.1. The number of rotatable bonds is 3. The minimum Gasteiger partial charge on any atom is -0.381 e. The van der Waals surface area contributed by atoms with Crippen LogP contribution in [0, 0.1) is 5.92 Å². The highest BCUT2D eigenvalue weighted by Crippen LogP contribution is 2.39. The first-order chi connectivity index (χ1) is 10.3. The lowest BCUT2D eigenvalue weighted by molar-refractivity contribution is 0.0213. The van der Waals surface area contributed by atoms with Crippen molar-refractivity contribution in [1.29, 1.82) is 0 Å². The summed E-state index contributed by atoms with van der Waals surface area (Å²) in [5.74, 6) is 0.591. The number of piperazine rings is 1. The lowest BCUT2D eigenvalue weighted by Crippen LogP contribution is -2.47. The molecule has 0 bridgehead atoms. The van der Waals surface area contributed by atoms with E-state index in [4.69, 9.17) is 27.9 Å². The molecule has 2 aliphatic rings. The summed E-state index contributed by atoms with van der Waals surface area (Å²) in [4.78, 5) is 2.56. The van der Waals surface area contributed by atoms with Crippen molar-refractivity contribution < 1.29 is 4.74 Å². The molecule has 3 nitrogen and oxygen atoms in total. The highest BCUT2D eigenvalue weighted by atomic mass is 35.5. The lowest BCUT2D eigenvalue weighted by atomic mass is 9.85. The first-order valence-corrected chi connectivity index (χ1v) is 8.49. The Kier molecular flexibility index (Phi) is 5.41. The largest absolute Gasteiger partial charge is 0.381 e. The Morgan fingerprint density at radius 2 is 1.86 bits per heavy atom. The van der Waals surface area contributed by atoms with Crippen LogP contribution < -0.4 is 5.32 Å². The maximum Gasteiger partial charge on any atom is 0.0469 e. The van der Waals surface area contributed by atoms with Gasteiger partial charge in [0.05, 0.1) is 0 Å². The van der Waals surface area contributed by atoms with E-state index in [-0.39, 0.29) is 0 Å². The molecular formula is C16H22Cl2N2O. The number of benzene rings is 1. The number of hydrogen-bond acceptors (Lipinski definition) is 3. The van der Waals surface area contributed by atoms with E-state index in [0.29, 0.717) is 12.0 Å². The zero-order chi connectivity index (χ0) is 14.7. The summed E-state index contributed by atoms with van der Waals surface area (Å²) in [7, 11) is 0. The van der Waals surface area contributed by atoms with Gasteiger partial charge in [-0.15, -0.1) is 0 Å². The Hall–Kier alpha value is -0.320. The van der Waals surface area contributed by atoms with E-state index in [1.54, 1.807) is 0 Å². The van der Waals surface area contributed by atoms with E-state index in [2.05, 4.69) is 10.2 Å². The third-order valence-electron chi connectivity index (χ3n) is 4.53.